The molecule has 2 atom stereocenters. The van der Waals surface area contributed by atoms with E-state index in [0.29, 0.717) is 13.0 Å². The largest absolute Gasteiger partial charge is 0.317 e. The van der Waals surface area contributed by atoms with Crippen LogP contribution in [-0.2, 0) is 22.7 Å². The number of carbonyl (C=O) groups is 2. The third kappa shape index (κ3) is 2.85. The van der Waals surface area contributed by atoms with Gasteiger partial charge in [0, 0.05) is 0 Å². The van der Waals surface area contributed by atoms with Gasteiger partial charge in [0.05, 0.1) is 23.6 Å². The molecule has 0 saturated carbocycles. The minimum atomic E-state index is -0.552. The van der Waals surface area contributed by atoms with Crippen molar-refractivity contribution >= 4 is 34.4 Å². The van der Waals surface area contributed by atoms with E-state index in [1.54, 1.807) is 0 Å². The molecule has 3 rings (SSSR count). The maximum Gasteiger partial charge on any atom is 0.261 e. The van der Waals surface area contributed by atoms with Crippen molar-refractivity contribution in [2.24, 2.45) is 0 Å². The van der Waals surface area contributed by atoms with E-state index in [0.717, 1.165) is 16.9 Å². The number of carbonyl (C=O) groups excluding carboxylic acids is 2. The first kappa shape index (κ1) is 16.7. The van der Waals surface area contributed by atoms with Gasteiger partial charge in [0.15, 0.2) is 0 Å². The Hall–Kier alpha value is -2.12. The Balaban J connectivity index is 1.78. The molecule has 8 heteroatoms. The Labute approximate surface area is 144 Å². The number of hydrogen-bond donors (Lipinski definition) is 2. The fraction of sp³-hybridized carbons (Fsp3) is 0.438. The van der Waals surface area contributed by atoms with Gasteiger partial charge in [0.2, 0.25) is 0 Å². The summed E-state index contributed by atoms with van der Waals surface area (Å²) in [6.45, 7) is 2.57. The number of alkyl halides is 1. The Morgan fingerprint density at radius 2 is 2.12 bits per heavy atom. The van der Waals surface area contributed by atoms with Crippen molar-refractivity contribution < 1.29 is 9.59 Å². The lowest BCUT2D eigenvalue weighted by Crippen LogP contribution is -2.68. The number of fused-ring (bicyclic) bond motifs is 1. The third-order valence-corrected chi connectivity index (χ3v) is 4.65. The minimum Gasteiger partial charge on any atom is -0.317 e. The van der Waals surface area contributed by atoms with Gasteiger partial charge in [0.25, 0.3) is 11.8 Å². The summed E-state index contributed by atoms with van der Waals surface area (Å²) in [6.07, 6.45) is 0.694. The molecule has 2 amide bonds. The summed E-state index contributed by atoms with van der Waals surface area (Å²) in [4.78, 5) is 28.8. The lowest BCUT2D eigenvalue weighted by molar-refractivity contribution is -0.156. The Morgan fingerprint density at radius 3 is 2.83 bits per heavy atom. The van der Waals surface area contributed by atoms with Crippen LogP contribution in [0.25, 0.3) is 11.0 Å². The van der Waals surface area contributed by atoms with Crippen LogP contribution in [-0.4, -0.2) is 44.8 Å². The number of benzene rings is 1. The van der Waals surface area contributed by atoms with Gasteiger partial charge in [0.1, 0.15) is 17.7 Å². The highest BCUT2D eigenvalue weighted by molar-refractivity contribution is 6.33. The normalized spacial score (nSPS) is 20.3. The molecule has 2 heterocycles. The second-order valence-corrected chi connectivity index (χ2v) is 6.22. The van der Waals surface area contributed by atoms with Gasteiger partial charge < -0.3 is 9.88 Å². The van der Waals surface area contributed by atoms with Crippen LogP contribution in [0.15, 0.2) is 24.3 Å². The van der Waals surface area contributed by atoms with Crippen molar-refractivity contribution in [3.63, 3.8) is 0 Å². The zero-order valence-corrected chi connectivity index (χ0v) is 14.4. The van der Waals surface area contributed by atoms with Crippen LogP contribution >= 0.6 is 11.6 Å². The van der Waals surface area contributed by atoms with E-state index in [9.17, 15) is 9.59 Å². The summed E-state index contributed by atoms with van der Waals surface area (Å²) in [5.74, 6) is 0.236. The SMILES string of the molecule is CC[C@@H]1[C@H](Cl)C(=O)N1NC(=O)Cn1c(CNC)nc2ccccc21. The summed E-state index contributed by atoms with van der Waals surface area (Å²) in [5, 5.41) is 3.83. The second kappa shape index (κ2) is 6.78. The molecule has 2 aromatic rings. The highest BCUT2D eigenvalue weighted by Crippen LogP contribution is 2.25. The Kier molecular flexibility index (Phi) is 4.73. The number of para-hydroxylation sites is 2. The van der Waals surface area contributed by atoms with Gasteiger partial charge in [-0.05, 0) is 25.6 Å². The maximum absolute atomic E-state index is 12.4. The third-order valence-electron chi connectivity index (χ3n) is 4.18. The number of hydrogen-bond acceptors (Lipinski definition) is 4. The van der Waals surface area contributed by atoms with Gasteiger partial charge in [-0.1, -0.05) is 19.1 Å². The average molecular weight is 350 g/mol. The topological polar surface area (TPSA) is 79.3 Å². The zero-order valence-electron chi connectivity index (χ0n) is 13.6. The molecule has 24 heavy (non-hydrogen) atoms. The molecule has 0 bridgehead atoms. The minimum absolute atomic E-state index is 0.0880. The molecule has 0 radical (unpaired) electrons. The highest BCUT2D eigenvalue weighted by atomic mass is 35.5. The maximum atomic E-state index is 12.4. The molecule has 1 aromatic heterocycles. The van der Waals surface area contributed by atoms with Gasteiger partial charge in [-0.15, -0.1) is 11.6 Å². The molecular formula is C16H20ClN5O2. The van der Waals surface area contributed by atoms with E-state index in [4.69, 9.17) is 11.6 Å². The number of imidazole rings is 1. The molecule has 1 aliphatic heterocycles. The first-order valence-electron chi connectivity index (χ1n) is 7.92. The van der Waals surface area contributed by atoms with Gasteiger partial charge in [-0.2, -0.15) is 0 Å². The standard InChI is InChI=1S/C16H20ClN5O2/c1-3-11-15(17)16(24)22(11)20-14(23)9-21-12-7-5-4-6-10(12)19-13(21)8-18-2/h4-7,11,15,18H,3,8-9H2,1-2H3,(H,20,23)/t11-,15+/m1/s1. The molecule has 1 aromatic carbocycles. The zero-order chi connectivity index (χ0) is 17.3. The number of β-lactam (4-membered cyclic amide) rings is 1. The van der Waals surface area contributed by atoms with Crippen LogP contribution in [0.5, 0.6) is 0 Å². The monoisotopic (exact) mass is 349 g/mol. The van der Waals surface area contributed by atoms with Crippen molar-refractivity contribution in [2.75, 3.05) is 7.05 Å². The average Bonchev–Trinajstić information content (AvgIpc) is 2.92. The summed E-state index contributed by atoms with van der Waals surface area (Å²) < 4.78 is 1.85. The van der Waals surface area contributed by atoms with Crippen molar-refractivity contribution in [1.82, 2.24) is 25.3 Å². The van der Waals surface area contributed by atoms with E-state index in [2.05, 4.69) is 15.7 Å². The van der Waals surface area contributed by atoms with E-state index in [1.807, 2.05) is 42.8 Å². The summed E-state index contributed by atoms with van der Waals surface area (Å²) in [5.41, 5.74) is 4.38. The lowest BCUT2D eigenvalue weighted by Gasteiger charge is -2.43. The molecule has 1 fully saturated rings. The molecule has 0 unspecified atom stereocenters. The number of rotatable bonds is 6. The first-order valence-corrected chi connectivity index (χ1v) is 8.35. The Morgan fingerprint density at radius 1 is 1.38 bits per heavy atom. The molecule has 7 nitrogen and oxygen atoms in total. The molecular weight excluding hydrogens is 330 g/mol. The quantitative estimate of drug-likeness (QED) is 0.602. The molecule has 0 spiro atoms. The molecule has 0 aliphatic carbocycles. The number of halogens is 1. The molecule has 2 N–H and O–H groups in total. The second-order valence-electron chi connectivity index (χ2n) is 5.75. The molecule has 128 valence electrons. The number of nitrogens with zero attached hydrogens (tertiary/aromatic N) is 3. The summed E-state index contributed by atoms with van der Waals surface area (Å²) in [6, 6.07) is 7.50. The highest BCUT2D eigenvalue weighted by Gasteiger charge is 2.46. The van der Waals surface area contributed by atoms with Crippen LogP contribution in [0.4, 0.5) is 0 Å². The van der Waals surface area contributed by atoms with Gasteiger partial charge in [-0.25, -0.2) is 9.99 Å². The number of nitrogens with one attached hydrogen (secondary N) is 2. The summed E-state index contributed by atoms with van der Waals surface area (Å²) in [7, 11) is 1.83. The number of hydrazine groups is 1. The first-order chi connectivity index (χ1) is 11.6. The van der Waals surface area contributed by atoms with Gasteiger partial charge >= 0.3 is 0 Å². The fourth-order valence-electron chi connectivity index (χ4n) is 2.95. The van der Waals surface area contributed by atoms with Crippen molar-refractivity contribution in [3.05, 3.63) is 30.1 Å². The van der Waals surface area contributed by atoms with E-state index >= 15 is 0 Å². The predicted octanol–water partition coefficient (Wildman–Crippen LogP) is 1.02. The van der Waals surface area contributed by atoms with Crippen molar-refractivity contribution in [3.8, 4) is 0 Å². The Bertz CT molecular complexity index is 775. The molecule has 1 aliphatic rings. The lowest BCUT2D eigenvalue weighted by atomic mass is 10.0. The van der Waals surface area contributed by atoms with Gasteiger partial charge in [-0.3, -0.25) is 15.0 Å². The van der Waals surface area contributed by atoms with Crippen LogP contribution in [0.1, 0.15) is 19.2 Å². The van der Waals surface area contributed by atoms with Crippen LogP contribution < -0.4 is 10.7 Å². The van der Waals surface area contributed by atoms with E-state index < -0.39 is 5.38 Å². The fourth-order valence-corrected chi connectivity index (χ4v) is 3.34. The number of aromatic nitrogens is 2. The predicted molar refractivity (Wildman–Crippen MR) is 91.2 cm³/mol. The summed E-state index contributed by atoms with van der Waals surface area (Å²) >= 11 is 5.97. The van der Waals surface area contributed by atoms with Crippen LogP contribution in [0.2, 0.25) is 0 Å². The number of amides is 2. The van der Waals surface area contributed by atoms with Crippen LogP contribution in [0, 0.1) is 0 Å². The van der Waals surface area contributed by atoms with Crippen molar-refractivity contribution in [1.29, 1.82) is 0 Å². The van der Waals surface area contributed by atoms with Crippen LogP contribution in [0.3, 0.4) is 0 Å². The smallest absolute Gasteiger partial charge is 0.261 e. The molecule has 1 saturated heterocycles. The van der Waals surface area contributed by atoms with Crippen molar-refractivity contribution in [2.45, 2.75) is 37.9 Å². The van der Waals surface area contributed by atoms with E-state index in [-0.39, 0.29) is 24.4 Å². The van der Waals surface area contributed by atoms with E-state index in [1.165, 1.54) is 5.01 Å².